The van der Waals surface area contributed by atoms with Crippen LogP contribution in [-0.4, -0.2) is 17.9 Å². The second-order valence-corrected chi connectivity index (χ2v) is 7.08. The lowest BCUT2D eigenvalue weighted by atomic mass is 9.83. The van der Waals surface area contributed by atoms with Crippen LogP contribution in [0.5, 0.6) is 0 Å². The molecule has 0 heterocycles. The minimum Gasteiger partial charge on any atom is -0.450 e. The van der Waals surface area contributed by atoms with Crippen LogP contribution in [0, 0.1) is 0 Å². The molecule has 0 aliphatic rings. The number of rotatable bonds is 12. The van der Waals surface area contributed by atoms with Gasteiger partial charge >= 0.3 is 6.16 Å². The zero-order valence-electron chi connectivity index (χ0n) is 16.4. The molecule has 2 aromatic rings. The molecule has 0 amide bonds. The van der Waals surface area contributed by atoms with Crippen LogP contribution in [0.15, 0.2) is 54.6 Å². The Bertz CT molecular complexity index is 666. The van der Waals surface area contributed by atoms with Crippen LogP contribution >= 0.6 is 0 Å². The summed E-state index contributed by atoms with van der Waals surface area (Å²) >= 11 is 0. The molecule has 1 N–H and O–H groups in total. The third-order valence-corrected chi connectivity index (χ3v) is 5.01. The number of unbranched alkanes of at least 4 members (excludes halogenated alkanes) is 4. The van der Waals surface area contributed by atoms with Crippen LogP contribution in [-0.2, 0) is 11.2 Å². The summed E-state index contributed by atoms with van der Waals surface area (Å²) in [6, 6.07) is 19.7. The van der Waals surface area contributed by atoms with E-state index in [2.05, 4.69) is 66.3 Å². The molecule has 3 nitrogen and oxygen atoms in total. The lowest BCUT2D eigenvalue weighted by molar-refractivity contribution is 0.0899. The first-order valence-electron chi connectivity index (χ1n) is 10.2. The molecule has 0 fully saturated rings. The average Bonchev–Trinajstić information content (AvgIpc) is 2.68. The van der Waals surface area contributed by atoms with Gasteiger partial charge in [0.2, 0.25) is 0 Å². The molecule has 0 aliphatic carbocycles. The van der Waals surface area contributed by atoms with Crippen LogP contribution in [0.1, 0.15) is 74.5 Å². The highest BCUT2D eigenvalue weighted by Gasteiger charge is 2.16. The van der Waals surface area contributed by atoms with Gasteiger partial charge in [-0.1, -0.05) is 93.6 Å². The fraction of sp³-hybridized carbons (Fsp3) is 0.458. The van der Waals surface area contributed by atoms with Crippen molar-refractivity contribution in [2.75, 3.05) is 6.61 Å². The van der Waals surface area contributed by atoms with Crippen LogP contribution in [0.2, 0.25) is 0 Å². The van der Waals surface area contributed by atoms with E-state index >= 15 is 0 Å². The quantitative estimate of drug-likeness (QED) is 0.331. The SMILES string of the molecule is CCCc1ccccc1C(CCCCCCCOC(=O)O)c1ccccc1. The summed E-state index contributed by atoms with van der Waals surface area (Å²) in [5.41, 5.74) is 4.34. The van der Waals surface area contributed by atoms with E-state index in [1.807, 2.05) is 0 Å². The first-order valence-corrected chi connectivity index (χ1v) is 10.2. The van der Waals surface area contributed by atoms with Gasteiger partial charge in [0.05, 0.1) is 6.61 Å². The van der Waals surface area contributed by atoms with Gasteiger partial charge < -0.3 is 9.84 Å². The van der Waals surface area contributed by atoms with Crippen molar-refractivity contribution in [1.29, 1.82) is 0 Å². The van der Waals surface area contributed by atoms with Gasteiger partial charge in [0.25, 0.3) is 0 Å². The van der Waals surface area contributed by atoms with E-state index in [4.69, 9.17) is 5.11 Å². The smallest absolute Gasteiger partial charge is 0.450 e. The van der Waals surface area contributed by atoms with Gasteiger partial charge in [0.15, 0.2) is 0 Å². The van der Waals surface area contributed by atoms with Gasteiger partial charge in [-0.15, -0.1) is 0 Å². The van der Waals surface area contributed by atoms with E-state index in [0.717, 1.165) is 38.5 Å². The minimum atomic E-state index is -1.17. The Morgan fingerprint density at radius 3 is 2.33 bits per heavy atom. The van der Waals surface area contributed by atoms with Gasteiger partial charge in [-0.25, -0.2) is 4.79 Å². The zero-order chi connectivity index (χ0) is 19.3. The van der Waals surface area contributed by atoms with Crippen molar-refractivity contribution < 1.29 is 14.6 Å². The molecule has 2 rings (SSSR count). The summed E-state index contributed by atoms with van der Waals surface area (Å²) < 4.78 is 4.56. The summed E-state index contributed by atoms with van der Waals surface area (Å²) in [5, 5.41) is 8.47. The van der Waals surface area contributed by atoms with Gasteiger partial charge in [-0.2, -0.15) is 0 Å². The number of hydrogen-bond acceptors (Lipinski definition) is 2. The number of aryl methyl sites for hydroxylation is 1. The van der Waals surface area contributed by atoms with E-state index < -0.39 is 6.16 Å². The molecule has 0 saturated carbocycles. The number of ether oxygens (including phenoxy) is 1. The van der Waals surface area contributed by atoms with Crippen LogP contribution in [0.3, 0.4) is 0 Å². The van der Waals surface area contributed by atoms with Crippen molar-refractivity contribution in [2.45, 2.75) is 64.2 Å². The van der Waals surface area contributed by atoms with Crippen molar-refractivity contribution in [2.24, 2.45) is 0 Å². The standard InChI is InChI=1S/C24H32O3/c1-2-13-20-16-10-11-18-22(20)23(21-14-7-6-8-15-21)17-9-4-3-5-12-19-27-24(25)26/h6-8,10-11,14-16,18,23H,2-5,9,12-13,17,19H2,1H3,(H,25,26). The second-order valence-electron chi connectivity index (χ2n) is 7.08. The van der Waals surface area contributed by atoms with Gasteiger partial charge in [0, 0.05) is 5.92 Å². The number of benzene rings is 2. The predicted octanol–water partition coefficient (Wildman–Crippen LogP) is 6.81. The average molecular weight is 369 g/mol. The van der Waals surface area contributed by atoms with Crippen LogP contribution < -0.4 is 0 Å². The Hall–Kier alpha value is -2.29. The van der Waals surface area contributed by atoms with Crippen LogP contribution in [0.25, 0.3) is 0 Å². The molecule has 0 saturated heterocycles. The van der Waals surface area contributed by atoms with Gasteiger partial charge in [-0.05, 0) is 36.0 Å². The Kier molecular flexibility index (Phi) is 9.47. The maximum Gasteiger partial charge on any atom is 0.505 e. The maximum absolute atomic E-state index is 10.3. The topological polar surface area (TPSA) is 46.5 Å². The molecule has 1 unspecified atom stereocenters. The Morgan fingerprint density at radius 2 is 1.59 bits per heavy atom. The molecule has 2 aromatic carbocycles. The molecule has 3 heteroatoms. The highest BCUT2D eigenvalue weighted by atomic mass is 16.7. The minimum absolute atomic E-state index is 0.312. The number of carbonyl (C=O) groups is 1. The Balaban J connectivity index is 1.92. The normalized spacial score (nSPS) is 11.9. The Labute approximate surface area is 163 Å². The molecule has 27 heavy (non-hydrogen) atoms. The monoisotopic (exact) mass is 368 g/mol. The maximum atomic E-state index is 10.3. The molecule has 1 atom stereocenters. The van der Waals surface area contributed by atoms with E-state index in [1.165, 1.54) is 29.5 Å². The first kappa shape index (κ1) is 21.0. The molecule has 0 aliphatic heterocycles. The lowest BCUT2D eigenvalue weighted by Crippen LogP contribution is -2.05. The summed E-state index contributed by atoms with van der Waals surface area (Å²) in [4.78, 5) is 10.3. The fourth-order valence-corrected chi connectivity index (χ4v) is 3.70. The van der Waals surface area contributed by atoms with Crippen LogP contribution in [0.4, 0.5) is 4.79 Å². The van der Waals surface area contributed by atoms with Crippen molar-refractivity contribution in [1.82, 2.24) is 0 Å². The third kappa shape index (κ3) is 7.46. The largest absolute Gasteiger partial charge is 0.505 e. The second kappa shape index (κ2) is 12.2. The summed E-state index contributed by atoms with van der Waals surface area (Å²) in [5.74, 6) is 0.448. The molecule has 146 valence electrons. The summed E-state index contributed by atoms with van der Waals surface area (Å²) in [6.07, 6.45) is 7.58. The van der Waals surface area contributed by atoms with E-state index in [9.17, 15) is 4.79 Å². The Morgan fingerprint density at radius 1 is 0.926 bits per heavy atom. The first-order chi connectivity index (χ1) is 13.2. The van der Waals surface area contributed by atoms with Crippen molar-refractivity contribution in [3.63, 3.8) is 0 Å². The highest BCUT2D eigenvalue weighted by molar-refractivity contribution is 5.56. The molecule has 0 bridgehead atoms. The van der Waals surface area contributed by atoms with Gasteiger partial charge in [0.1, 0.15) is 0 Å². The predicted molar refractivity (Wildman–Crippen MR) is 110 cm³/mol. The number of hydrogen-bond donors (Lipinski definition) is 1. The molecule has 0 radical (unpaired) electrons. The van der Waals surface area contributed by atoms with Gasteiger partial charge in [-0.3, -0.25) is 0 Å². The summed E-state index contributed by atoms with van der Waals surface area (Å²) in [7, 11) is 0. The molecule has 0 spiro atoms. The number of carboxylic acid groups (broad SMARTS) is 1. The molecule has 0 aromatic heterocycles. The highest BCUT2D eigenvalue weighted by Crippen LogP contribution is 2.32. The fourth-order valence-electron chi connectivity index (χ4n) is 3.70. The van der Waals surface area contributed by atoms with E-state index in [0.29, 0.717) is 12.5 Å². The summed E-state index contributed by atoms with van der Waals surface area (Å²) in [6.45, 7) is 2.55. The van der Waals surface area contributed by atoms with Crippen molar-refractivity contribution in [3.8, 4) is 0 Å². The third-order valence-electron chi connectivity index (χ3n) is 5.01. The molecular weight excluding hydrogens is 336 g/mol. The van der Waals surface area contributed by atoms with Crippen molar-refractivity contribution >= 4 is 6.16 Å². The van der Waals surface area contributed by atoms with E-state index in [1.54, 1.807) is 0 Å². The zero-order valence-corrected chi connectivity index (χ0v) is 16.4. The van der Waals surface area contributed by atoms with E-state index in [-0.39, 0.29) is 0 Å². The molecular formula is C24H32O3. The lowest BCUT2D eigenvalue weighted by Gasteiger charge is -2.21. The van der Waals surface area contributed by atoms with Crippen molar-refractivity contribution in [3.05, 3.63) is 71.3 Å².